The lowest BCUT2D eigenvalue weighted by Crippen LogP contribution is -2.25. The van der Waals surface area contributed by atoms with Crippen molar-refractivity contribution in [2.45, 2.75) is 19.3 Å². The number of nitrogens with zero attached hydrogens (tertiary/aromatic N) is 1. The summed E-state index contributed by atoms with van der Waals surface area (Å²) in [6, 6.07) is 7.71. The van der Waals surface area contributed by atoms with Crippen LogP contribution in [0.25, 0.3) is 0 Å². The molecule has 0 atom stereocenters. The molecule has 0 radical (unpaired) electrons. The first-order valence-electron chi connectivity index (χ1n) is 8.77. The zero-order chi connectivity index (χ0) is 18.4. The largest absolute Gasteiger partial charge is 0.491 e. The van der Waals surface area contributed by atoms with E-state index >= 15 is 0 Å². The summed E-state index contributed by atoms with van der Waals surface area (Å²) < 4.78 is 12.7. The lowest BCUT2D eigenvalue weighted by atomic mass is 10.1. The summed E-state index contributed by atoms with van der Waals surface area (Å²) in [6.07, 6.45) is 4.83. The van der Waals surface area contributed by atoms with E-state index in [0.717, 1.165) is 33.2 Å². The average molecular weight is 486 g/mol. The summed E-state index contributed by atoms with van der Waals surface area (Å²) in [4.78, 5) is 14.4. The van der Waals surface area contributed by atoms with Gasteiger partial charge in [-0.2, -0.15) is 0 Å². The fourth-order valence-electron chi connectivity index (χ4n) is 2.95. The highest BCUT2D eigenvalue weighted by Gasteiger charge is 2.12. The number of hydrogen-bond acceptors (Lipinski definition) is 4. The third-order valence-electron chi connectivity index (χ3n) is 4.35. The molecular weight excluding hydrogens is 464 g/mol. The van der Waals surface area contributed by atoms with Gasteiger partial charge in [-0.3, -0.25) is 9.69 Å². The van der Waals surface area contributed by atoms with Gasteiger partial charge in [0.1, 0.15) is 18.6 Å². The van der Waals surface area contributed by atoms with Gasteiger partial charge in [0.15, 0.2) is 5.76 Å². The Labute approximate surface area is 170 Å². The van der Waals surface area contributed by atoms with Gasteiger partial charge in [0.05, 0.1) is 8.95 Å². The minimum atomic E-state index is -0.211. The molecule has 0 saturated carbocycles. The molecule has 1 aliphatic rings. The van der Waals surface area contributed by atoms with Gasteiger partial charge in [-0.1, -0.05) is 6.07 Å². The van der Waals surface area contributed by atoms with Crippen molar-refractivity contribution in [2.24, 2.45) is 0 Å². The average Bonchev–Trinajstić information content (AvgIpc) is 3.28. The molecule has 7 heteroatoms. The lowest BCUT2D eigenvalue weighted by Gasteiger charge is -2.15. The van der Waals surface area contributed by atoms with E-state index in [2.05, 4.69) is 42.1 Å². The Hall–Kier alpha value is -1.31. The van der Waals surface area contributed by atoms with Crippen molar-refractivity contribution in [1.82, 2.24) is 10.2 Å². The molecule has 3 rings (SSSR count). The van der Waals surface area contributed by atoms with E-state index in [9.17, 15) is 4.79 Å². The van der Waals surface area contributed by atoms with Gasteiger partial charge in [0.25, 0.3) is 5.91 Å². The maximum atomic E-state index is 11.9. The van der Waals surface area contributed by atoms with E-state index in [1.165, 1.54) is 32.2 Å². The molecule has 1 fully saturated rings. The number of hydrogen-bond donors (Lipinski definition) is 1. The highest BCUT2D eigenvalue weighted by Crippen LogP contribution is 2.26. The zero-order valence-corrected chi connectivity index (χ0v) is 17.6. The fourth-order valence-corrected chi connectivity index (χ4v) is 3.79. The number of nitrogens with one attached hydrogen (secondary N) is 1. The molecule has 5 nitrogen and oxygen atoms in total. The van der Waals surface area contributed by atoms with E-state index in [4.69, 9.17) is 9.15 Å². The number of halogens is 2. The second-order valence-electron chi connectivity index (χ2n) is 6.30. The number of carbonyl (C=O) groups excluding carboxylic acids is 1. The highest BCUT2D eigenvalue weighted by molar-refractivity contribution is 9.10. The Morgan fingerprint density at radius 2 is 2.04 bits per heavy atom. The van der Waals surface area contributed by atoms with Crippen LogP contribution in [-0.2, 0) is 6.42 Å². The van der Waals surface area contributed by atoms with Crippen LogP contribution in [0.5, 0.6) is 5.75 Å². The molecule has 0 bridgehead atoms. The van der Waals surface area contributed by atoms with Crippen molar-refractivity contribution in [1.29, 1.82) is 0 Å². The summed E-state index contributed by atoms with van der Waals surface area (Å²) in [5.74, 6) is 0.953. The standard InChI is InChI=1S/C19H22Br2N2O3/c20-15-12-18(26-13-15)19(24)22-6-5-14-3-4-17(16(21)11-14)25-10-9-23-7-1-2-8-23/h3-4,11-13H,1-2,5-10H2,(H,22,24). The van der Waals surface area contributed by atoms with Crippen molar-refractivity contribution in [3.63, 3.8) is 0 Å². The number of amides is 1. The lowest BCUT2D eigenvalue weighted by molar-refractivity contribution is 0.0926. The van der Waals surface area contributed by atoms with Crippen molar-refractivity contribution < 1.29 is 13.9 Å². The molecule has 1 saturated heterocycles. The van der Waals surface area contributed by atoms with Crippen LogP contribution in [0.1, 0.15) is 29.0 Å². The van der Waals surface area contributed by atoms with Crippen LogP contribution in [-0.4, -0.2) is 43.6 Å². The molecule has 0 spiro atoms. The fraction of sp³-hybridized carbons (Fsp3) is 0.421. The maximum Gasteiger partial charge on any atom is 0.287 e. The number of furan rings is 1. The molecule has 0 aliphatic carbocycles. The van der Waals surface area contributed by atoms with Crippen LogP contribution >= 0.6 is 31.9 Å². The predicted molar refractivity (Wildman–Crippen MR) is 108 cm³/mol. The van der Waals surface area contributed by atoms with E-state index in [1.807, 2.05) is 18.2 Å². The van der Waals surface area contributed by atoms with E-state index in [1.54, 1.807) is 6.07 Å². The molecule has 1 aliphatic heterocycles. The van der Waals surface area contributed by atoms with Crippen molar-refractivity contribution in [3.05, 3.63) is 50.8 Å². The van der Waals surface area contributed by atoms with Crippen molar-refractivity contribution >= 4 is 37.8 Å². The molecule has 0 unspecified atom stereocenters. The van der Waals surface area contributed by atoms with Crippen LogP contribution in [0.15, 0.2) is 43.9 Å². The highest BCUT2D eigenvalue weighted by atomic mass is 79.9. The van der Waals surface area contributed by atoms with Gasteiger partial charge in [-0.25, -0.2) is 0 Å². The first kappa shape index (κ1) is 19.5. The van der Waals surface area contributed by atoms with Crippen LogP contribution in [0, 0.1) is 0 Å². The predicted octanol–water partition coefficient (Wildman–Crippen LogP) is 4.25. The van der Waals surface area contributed by atoms with Crippen LogP contribution in [0.3, 0.4) is 0 Å². The molecule has 1 amide bonds. The second-order valence-corrected chi connectivity index (χ2v) is 8.07. The van der Waals surface area contributed by atoms with Gasteiger partial charge in [0.2, 0.25) is 0 Å². The first-order valence-corrected chi connectivity index (χ1v) is 10.4. The summed E-state index contributed by atoms with van der Waals surface area (Å²) >= 11 is 6.84. The molecule has 1 N–H and O–H groups in total. The maximum absolute atomic E-state index is 11.9. The van der Waals surface area contributed by atoms with E-state index in [0.29, 0.717) is 18.9 Å². The summed E-state index contributed by atoms with van der Waals surface area (Å²) in [7, 11) is 0. The summed E-state index contributed by atoms with van der Waals surface area (Å²) in [5.41, 5.74) is 1.13. The molecule has 1 aromatic carbocycles. The third kappa shape index (κ3) is 5.59. The number of benzene rings is 1. The minimum absolute atomic E-state index is 0.211. The number of carbonyl (C=O) groups is 1. The monoisotopic (exact) mass is 484 g/mol. The second kappa shape index (κ2) is 9.58. The molecular formula is C19H22Br2N2O3. The van der Waals surface area contributed by atoms with Gasteiger partial charge < -0.3 is 14.5 Å². The summed E-state index contributed by atoms with van der Waals surface area (Å²) in [5, 5.41) is 2.85. The number of likely N-dealkylation sites (tertiary alicyclic amines) is 1. The van der Waals surface area contributed by atoms with E-state index in [-0.39, 0.29) is 5.91 Å². The molecule has 2 heterocycles. The van der Waals surface area contributed by atoms with Gasteiger partial charge in [-0.05, 0) is 81.9 Å². The Morgan fingerprint density at radius 3 is 2.73 bits per heavy atom. The number of ether oxygens (including phenoxy) is 1. The summed E-state index contributed by atoms with van der Waals surface area (Å²) in [6.45, 7) is 4.59. The van der Waals surface area contributed by atoms with Crippen LogP contribution in [0.2, 0.25) is 0 Å². The smallest absolute Gasteiger partial charge is 0.287 e. The van der Waals surface area contributed by atoms with Crippen molar-refractivity contribution in [2.75, 3.05) is 32.8 Å². The van der Waals surface area contributed by atoms with E-state index < -0.39 is 0 Å². The first-order chi connectivity index (χ1) is 12.6. The zero-order valence-electron chi connectivity index (χ0n) is 14.5. The normalized spacial score (nSPS) is 14.5. The molecule has 140 valence electrons. The number of rotatable bonds is 8. The molecule has 1 aromatic heterocycles. The van der Waals surface area contributed by atoms with Gasteiger partial charge >= 0.3 is 0 Å². The molecule has 26 heavy (non-hydrogen) atoms. The third-order valence-corrected chi connectivity index (χ3v) is 5.39. The minimum Gasteiger partial charge on any atom is -0.491 e. The Morgan fingerprint density at radius 1 is 1.23 bits per heavy atom. The van der Waals surface area contributed by atoms with Gasteiger partial charge in [-0.15, -0.1) is 0 Å². The van der Waals surface area contributed by atoms with Crippen molar-refractivity contribution in [3.8, 4) is 5.75 Å². The Balaban J connectivity index is 1.42. The Bertz CT molecular complexity index is 742. The van der Waals surface area contributed by atoms with Crippen LogP contribution < -0.4 is 10.1 Å². The molecule has 2 aromatic rings. The Kier molecular flexibility index (Phi) is 7.16. The SMILES string of the molecule is O=C(NCCc1ccc(OCCN2CCCC2)c(Br)c1)c1cc(Br)co1. The van der Waals surface area contributed by atoms with Crippen LogP contribution in [0.4, 0.5) is 0 Å². The van der Waals surface area contributed by atoms with Gasteiger partial charge in [0, 0.05) is 19.2 Å². The quantitative estimate of drug-likeness (QED) is 0.607. The topological polar surface area (TPSA) is 54.7 Å².